The standard InChI is InChI=1S/C29H32Cl2N2O/c30-26-12-11-24(20-27(26)31)21-29(34)32-28(25-9-5-2-6-10-25)15-18-33-16-13-23(14-17-33)19-22-7-3-1-4-8-22/h1-12,20,23,28H,13-19,21H2,(H,32,34). The third-order valence-corrected chi connectivity index (χ3v) is 7.43. The van der Waals surface area contributed by atoms with Gasteiger partial charge in [0.15, 0.2) is 0 Å². The SMILES string of the molecule is O=C(Cc1ccc(Cl)c(Cl)c1)NC(CCN1CCC(Cc2ccccc2)CC1)c1ccccc1. The van der Waals surface area contributed by atoms with Crippen LogP contribution in [-0.2, 0) is 17.6 Å². The minimum Gasteiger partial charge on any atom is -0.349 e. The van der Waals surface area contributed by atoms with Crippen molar-refractivity contribution < 1.29 is 4.79 Å². The highest BCUT2D eigenvalue weighted by Gasteiger charge is 2.21. The van der Waals surface area contributed by atoms with Crippen molar-refractivity contribution in [1.82, 2.24) is 10.2 Å². The largest absolute Gasteiger partial charge is 0.349 e. The van der Waals surface area contributed by atoms with E-state index in [1.54, 1.807) is 12.1 Å². The lowest BCUT2D eigenvalue weighted by atomic mass is 9.90. The Morgan fingerprint density at radius 3 is 2.24 bits per heavy atom. The zero-order valence-corrected chi connectivity index (χ0v) is 20.9. The van der Waals surface area contributed by atoms with Crippen molar-refractivity contribution in [1.29, 1.82) is 0 Å². The van der Waals surface area contributed by atoms with E-state index in [1.807, 2.05) is 24.3 Å². The van der Waals surface area contributed by atoms with Gasteiger partial charge in [-0.15, -0.1) is 0 Å². The molecule has 1 saturated heterocycles. The van der Waals surface area contributed by atoms with Crippen molar-refractivity contribution in [2.24, 2.45) is 5.92 Å². The van der Waals surface area contributed by atoms with Gasteiger partial charge in [-0.3, -0.25) is 4.79 Å². The van der Waals surface area contributed by atoms with Crippen molar-refractivity contribution in [3.8, 4) is 0 Å². The second-order valence-electron chi connectivity index (χ2n) is 9.22. The lowest BCUT2D eigenvalue weighted by molar-refractivity contribution is -0.121. The van der Waals surface area contributed by atoms with Crippen molar-refractivity contribution in [2.75, 3.05) is 19.6 Å². The van der Waals surface area contributed by atoms with Gasteiger partial charge in [0.1, 0.15) is 0 Å². The number of piperidine rings is 1. The normalized spacial score (nSPS) is 15.7. The molecule has 0 spiro atoms. The van der Waals surface area contributed by atoms with Gasteiger partial charge < -0.3 is 10.2 Å². The molecular weight excluding hydrogens is 463 g/mol. The minimum atomic E-state index is -0.0153. The molecule has 3 aromatic rings. The molecule has 34 heavy (non-hydrogen) atoms. The maximum absolute atomic E-state index is 12.9. The third kappa shape index (κ3) is 7.33. The summed E-state index contributed by atoms with van der Waals surface area (Å²) in [7, 11) is 0. The molecule has 1 unspecified atom stereocenters. The van der Waals surface area contributed by atoms with Gasteiger partial charge in [-0.25, -0.2) is 0 Å². The predicted molar refractivity (Wildman–Crippen MR) is 141 cm³/mol. The van der Waals surface area contributed by atoms with Crippen molar-refractivity contribution >= 4 is 29.1 Å². The van der Waals surface area contributed by atoms with Crippen LogP contribution in [0.5, 0.6) is 0 Å². The van der Waals surface area contributed by atoms with E-state index in [9.17, 15) is 4.79 Å². The first-order valence-electron chi connectivity index (χ1n) is 12.1. The Morgan fingerprint density at radius 1 is 0.882 bits per heavy atom. The number of hydrogen-bond donors (Lipinski definition) is 1. The summed E-state index contributed by atoms with van der Waals surface area (Å²) in [4.78, 5) is 15.4. The second kappa shape index (κ2) is 12.4. The first-order chi connectivity index (χ1) is 16.6. The molecule has 3 aromatic carbocycles. The topological polar surface area (TPSA) is 32.3 Å². The molecule has 1 aliphatic rings. The van der Waals surface area contributed by atoms with E-state index >= 15 is 0 Å². The number of benzene rings is 3. The van der Waals surface area contributed by atoms with Crippen LogP contribution in [0.2, 0.25) is 10.0 Å². The Bertz CT molecular complexity index is 1050. The molecule has 1 aliphatic heterocycles. The summed E-state index contributed by atoms with van der Waals surface area (Å²) in [5, 5.41) is 4.23. The van der Waals surface area contributed by atoms with Crippen LogP contribution in [-0.4, -0.2) is 30.4 Å². The van der Waals surface area contributed by atoms with Crippen molar-refractivity contribution in [3.63, 3.8) is 0 Å². The summed E-state index contributed by atoms with van der Waals surface area (Å²) in [5.74, 6) is 0.753. The minimum absolute atomic E-state index is 0.00573. The van der Waals surface area contributed by atoms with Crippen molar-refractivity contribution in [3.05, 3.63) is 106 Å². The van der Waals surface area contributed by atoms with Crippen LogP contribution in [0.15, 0.2) is 78.9 Å². The molecule has 178 valence electrons. The lowest BCUT2D eigenvalue weighted by Gasteiger charge is -2.33. The molecular formula is C29H32Cl2N2O. The number of carbonyl (C=O) groups is 1. The molecule has 5 heteroatoms. The number of rotatable bonds is 9. The third-order valence-electron chi connectivity index (χ3n) is 6.69. The Labute approximate surface area is 213 Å². The highest BCUT2D eigenvalue weighted by atomic mass is 35.5. The number of nitrogens with one attached hydrogen (secondary N) is 1. The predicted octanol–water partition coefficient (Wildman–Crippen LogP) is 6.74. The number of halogens is 2. The van der Waals surface area contributed by atoms with Crippen LogP contribution in [0.4, 0.5) is 0 Å². The number of amides is 1. The van der Waals surface area contributed by atoms with Gasteiger partial charge in [0, 0.05) is 6.54 Å². The van der Waals surface area contributed by atoms with E-state index < -0.39 is 0 Å². The van der Waals surface area contributed by atoms with Gasteiger partial charge in [0.25, 0.3) is 0 Å². The Morgan fingerprint density at radius 2 is 1.56 bits per heavy atom. The molecule has 3 nitrogen and oxygen atoms in total. The number of nitrogens with zero attached hydrogens (tertiary/aromatic N) is 1. The van der Waals surface area contributed by atoms with Crippen LogP contribution in [0.1, 0.15) is 42.0 Å². The molecule has 0 aliphatic carbocycles. The fourth-order valence-corrected chi connectivity index (χ4v) is 5.08. The summed E-state index contributed by atoms with van der Waals surface area (Å²) < 4.78 is 0. The van der Waals surface area contributed by atoms with E-state index in [-0.39, 0.29) is 18.4 Å². The van der Waals surface area contributed by atoms with E-state index in [0.29, 0.717) is 10.0 Å². The molecule has 0 radical (unpaired) electrons. The zero-order valence-electron chi connectivity index (χ0n) is 19.4. The van der Waals surface area contributed by atoms with E-state index in [2.05, 4.69) is 52.7 Å². The lowest BCUT2D eigenvalue weighted by Crippen LogP contribution is -2.37. The Kier molecular flexibility index (Phi) is 9.04. The van der Waals surface area contributed by atoms with Gasteiger partial charge in [-0.1, -0.05) is 89.9 Å². The molecule has 4 rings (SSSR count). The van der Waals surface area contributed by atoms with Crippen LogP contribution in [0.25, 0.3) is 0 Å². The van der Waals surface area contributed by atoms with Gasteiger partial charge in [-0.05, 0) is 73.5 Å². The van der Waals surface area contributed by atoms with Gasteiger partial charge in [0.05, 0.1) is 22.5 Å². The molecule has 1 N–H and O–H groups in total. The smallest absolute Gasteiger partial charge is 0.224 e. The summed E-state index contributed by atoms with van der Waals surface area (Å²) in [5.41, 5.74) is 3.44. The van der Waals surface area contributed by atoms with Crippen LogP contribution in [0, 0.1) is 5.92 Å². The average molecular weight is 495 g/mol. The maximum Gasteiger partial charge on any atom is 0.224 e. The summed E-state index contributed by atoms with van der Waals surface area (Å²) in [6, 6.07) is 26.4. The second-order valence-corrected chi connectivity index (χ2v) is 10.0. The van der Waals surface area contributed by atoms with E-state index in [0.717, 1.165) is 43.1 Å². The van der Waals surface area contributed by atoms with Crippen molar-refractivity contribution in [2.45, 2.75) is 38.1 Å². The summed E-state index contributed by atoms with van der Waals surface area (Å²) >= 11 is 12.1. The molecule has 0 aromatic heterocycles. The van der Waals surface area contributed by atoms with Crippen LogP contribution in [0.3, 0.4) is 0 Å². The van der Waals surface area contributed by atoms with Gasteiger partial charge in [0.2, 0.25) is 5.91 Å². The monoisotopic (exact) mass is 494 g/mol. The molecule has 1 amide bonds. The highest BCUT2D eigenvalue weighted by molar-refractivity contribution is 6.42. The average Bonchev–Trinajstić information content (AvgIpc) is 2.86. The maximum atomic E-state index is 12.9. The molecule has 1 heterocycles. The Hall–Kier alpha value is -2.33. The first-order valence-corrected chi connectivity index (χ1v) is 12.9. The Balaban J connectivity index is 1.30. The number of likely N-dealkylation sites (tertiary alicyclic amines) is 1. The molecule has 1 atom stereocenters. The quantitative estimate of drug-likeness (QED) is 0.357. The molecule has 0 bridgehead atoms. The van der Waals surface area contributed by atoms with Gasteiger partial charge in [-0.2, -0.15) is 0 Å². The van der Waals surface area contributed by atoms with E-state index in [1.165, 1.54) is 24.8 Å². The summed E-state index contributed by atoms with van der Waals surface area (Å²) in [6.07, 6.45) is 4.81. The van der Waals surface area contributed by atoms with Crippen LogP contribution < -0.4 is 5.32 Å². The number of carbonyl (C=O) groups excluding carboxylic acids is 1. The first kappa shape index (κ1) is 24.8. The molecule has 1 fully saturated rings. The van der Waals surface area contributed by atoms with Gasteiger partial charge >= 0.3 is 0 Å². The zero-order chi connectivity index (χ0) is 23.8. The fourth-order valence-electron chi connectivity index (χ4n) is 4.76. The number of hydrogen-bond acceptors (Lipinski definition) is 2. The molecule has 0 saturated carbocycles. The van der Waals surface area contributed by atoms with E-state index in [4.69, 9.17) is 23.2 Å². The highest BCUT2D eigenvalue weighted by Crippen LogP contribution is 2.25. The van der Waals surface area contributed by atoms with Crippen LogP contribution >= 0.6 is 23.2 Å². The summed E-state index contributed by atoms with van der Waals surface area (Å²) in [6.45, 7) is 3.22. The fraction of sp³-hybridized carbons (Fsp3) is 0.345.